The van der Waals surface area contributed by atoms with Crippen LogP contribution in [0, 0.1) is 6.92 Å². The van der Waals surface area contributed by atoms with Crippen LogP contribution in [0.5, 0.6) is 0 Å². The fraction of sp³-hybridized carbons (Fsp3) is 0.636. The normalized spacial score (nSPS) is 10.4. The first-order valence-electron chi connectivity index (χ1n) is 5.09. The van der Waals surface area contributed by atoms with Crippen LogP contribution >= 0.6 is 0 Å². The Balaban J connectivity index is 2.79. The minimum Gasteiger partial charge on any atom is -0.241 e. The van der Waals surface area contributed by atoms with E-state index >= 15 is 0 Å². The van der Waals surface area contributed by atoms with Gasteiger partial charge in [-0.3, -0.25) is 0 Å². The molecule has 1 aromatic rings. The molecule has 1 rings (SSSR count). The van der Waals surface area contributed by atoms with Gasteiger partial charge in [0.05, 0.1) is 0 Å². The van der Waals surface area contributed by atoms with Crippen LogP contribution in [0.4, 0.5) is 0 Å². The van der Waals surface area contributed by atoms with Gasteiger partial charge in [-0.15, -0.1) is 0 Å². The molecule has 13 heavy (non-hydrogen) atoms. The molecule has 0 unspecified atom stereocenters. The van der Waals surface area contributed by atoms with Crippen LogP contribution < -0.4 is 0 Å². The Bertz CT molecular complexity index is 269. The van der Waals surface area contributed by atoms with Crippen molar-refractivity contribution in [2.45, 2.75) is 46.5 Å². The second kappa shape index (κ2) is 4.95. The molecule has 2 nitrogen and oxygen atoms in total. The summed E-state index contributed by atoms with van der Waals surface area (Å²) < 4.78 is 0. The Morgan fingerprint density at radius 1 is 1.31 bits per heavy atom. The van der Waals surface area contributed by atoms with E-state index < -0.39 is 0 Å². The van der Waals surface area contributed by atoms with Crippen molar-refractivity contribution in [1.82, 2.24) is 9.97 Å². The molecule has 0 spiro atoms. The minimum atomic E-state index is 0.886. The average molecular weight is 178 g/mol. The Labute approximate surface area is 80.4 Å². The molecule has 0 fully saturated rings. The molecule has 0 saturated heterocycles. The lowest BCUT2D eigenvalue weighted by Gasteiger charge is -2.05. The van der Waals surface area contributed by atoms with Crippen molar-refractivity contribution in [3.05, 3.63) is 23.3 Å². The van der Waals surface area contributed by atoms with Gasteiger partial charge in [0.25, 0.3) is 0 Å². The van der Waals surface area contributed by atoms with Crippen LogP contribution in [-0.2, 0) is 12.8 Å². The number of rotatable bonds is 4. The molecule has 0 aliphatic rings. The van der Waals surface area contributed by atoms with Crippen molar-refractivity contribution in [2.24, 2.45) is 0 Å². The van der Waals surface area contributed by atoms with Crippen LogP contribution in [-0.4, -0.2) is 9.97 Å². The maximum atomic E-state index is 4.43. The molecule has 0 saturated carbocycles. The molecule has 0 bridgehead atoms. The molecular formula is C11H18N2. The zero-order valence-electron chi connectivity index (χ0n) is 8.80. The fourth-order valence-electron chi connectivity index (χ4n) is 1.42. The summed E-state index contributed by atoms with van der Waals surface area (Å²) in [5.74, 6) is 0.886. The SMILES string of the molecule is CCCCc1cnc(C)nc1CC. The number of aromatic nitrogens is 2. The van der Waals surface area contributed by atoms with Crippen molar-refractivity contribution in [2.75, 3.05) is 0 Å². The summed E-state index contributed by atoms with van der Waals surface area (Å²) in [5, 5.41) is 0. The lowest BCUT2D eigenvalue weighted by Crippen LogP contribution is -2.00. The molecule has 0 aromatic carbocycles. The van der Waals surface area contributed by atoms with Gasteiger partial charge in [0.15, 0.2) is 0 Å². The first-order chi connectivity index (χ1) is 6.27. The van der Waals surface area contributed by atoms with Crippen LogP contribution in [0.25, 0.3) is 0 Å². The first-order valence-corrected chi connectivity index (χ1v) is 5.09. The maximum Gasteiger partial charge on any atom is 0.125 e. The molecule has 1 aromatic heterocycles. The van der Waals surface area contributed by atoms with Gasteiger partial charge in [0.2, 0.25) is 0 Å². The second-order valence-electron chi connectivity index (χ2n) is 3.35. The standard InChI is InChI=1S/C11H18N2/c1-4-6-7-10-8-12-9(3)13-11(10)5-2/h8H,4-7H2,1-3H3. The van der Waals surface area contributed by atoms with Gasteiger partial charge in [-0.25, -0.2) is 9.97 Å². The van der Waals surface area contributed by atoms with Crippen molar-refractivity contribution in [1.29, 1.82) is 0 Å². The van der Waals surface area contributed by atoms with E-state index in [9.17, 15) is 0 Å². The molecule has 0 N–H and O–H groups in total. The van der Waals surface area contributed by atoms with E-state index in [0.717, 1.165) is 18.7 Å². The van der Waals surface area contributed by atoms with E-state index in [1.54, 1.807) is 0 Å². The van der Waals surface area contributed by atoms with Crippen molar-refractivity contribution >= 4 is 0 Å². The van der Waals surface area contributed by atoms with Gasteiger partial charge >= 0.3 is 0 Å². The third kappa shape index (κ3) is 2.79. The topological polar surface area (TPSA) is 25.8 Å². The van der Waals surface area contributed by atoms with Gasteiger partial charge in [-0.05, 0) is 31.7 Å². The van der Waals surface area contributed by atoms with Crippen molar-refractivity contribution in [3.63, 3.8) is 0 Å². The summed E-state index contributed by atoms with van der Waals surface area (Å²) in [4.78, 5) is 8.66. The van der Waals surface area contributed by atoms with Crippen LogP contribution in [0.15, 0.2) is 6.20 Å². The molecule has 0 aliphatic heterocycles. The van der Waals surface area contributed by atoms with Crippen LogP contribution in [0.1, 0.15) is 43.8 Å². The third-order valence-electron chi connectivity index (χ3n) is 2.21. The van der Waals surface area contributed by atoms with Gasteiger partial charge in [0, 0.05) is 11.9 Å². The molecule has 0 aliphatic carbocycles. The molecule has 2 heteroatoms. The average Bonchev–Trinajstić information content (AvgIpc) is 2.16. The van der Waals surface area contributed by atoms with Gasteiger partial charge in [-0.1, -0.05) is 20.3 Å². The summed E-state index contributed by atoms with van der Waals surface area (Å²) in [5.41, 5.74) is 2.55. The first kappa shape index (κ1) is 10.2. The summed E-state index contributed by atoms with van der Waals surface area (Å²) >= 11 is 0. The summed E-state index contributed by atoms with van der Waals surface area (Å²) in [6.45, 7) is 6.31. The highest BCUT2D eigenvalue weighted by Gasteiger charge is 2.02. The van der Waals surface area contributed by atoms with E-state index in [0.29, 0.717) is 0 Å². The summed E-state index contributed by atoms with van der Waals surface area (Å²) in [6, 6.07) is 0. The zero-order valence-corrected chi connectivity index (χ0v) is 8.80. The highest BCUT2D eigenvalue weighted by molar-refractivity contribution is 5.17. The Hall–Kier alpha value is -0.920. The lowest BCUT2D eigenvalue weighted by atomic mass is 10.1. The Morgan fingerprint density at radius 3 is 2.69 bits per heavy atom. The predicted octanol–water partition coefficient (Wildman–Crippen LogP) is 2.69. The van der Waals surface area contributed by atoms with Gasteiger partial charge in [0.1, 0.15) is 5.82 Å². The van der Waals surface area contributed by atoms with E-state index in [-0.39, 0.29) is 0 Å². The lowest BCUT2D eigenvalue weighted by molar-refractivity contribution is 0.769. The largest absolute Gasteiger partial charge is 0.241 e. The van der Waals surface area contributed by atoms with Crippen molar-refractivity contribution in [3.8, 4) is 0 Å². The molecular weight excluding hydrogens is 160 g/mol. The molecule has 72 valence electrons. The highest BCUT2D eigenvalue weighted by atomic mass is 14.9. The monoisotopic (exact) mass is 178 g/mol. The summed E-state index contributed by atoms with van der Waals surface area (Å²) in [6.07, 6.45) is 6.59. The molecule has 0 radical (unpaired) electrons. The number of nitrogens with zero attached hydrogens (tertiary/aromatic N) is 2. The van der Waals surface area contributed by atoms with Crippen LogP contribution in [0.2, 0.25) is 0 Å². The predicted molar refractivity (Wildman–Crippen MR) is 54.8 cm³/mol. The van der Waals surface area contributed by atoms with E-state index in [4.69, 9.17) is 0 Å². The second-order valence-corrected chi connectivity index (χ2v) is 3.35. The number of hydrogen-bond acceptors (Lipinski definition) is 2. The molecule has 1 heterocycles. The quantitative estimate of drug-likeness (QED) is 0.708. The van der Waals surface area contributed by atoms with Crippen LogP contribution in [0.3, 0.4) is 0 Å². The Morgan fingerprint density at radius 2 is 2.08 bits per heavy atom. The van der Waals surface area contributed by atoms with Gasteiger partial charge < -0.3 is 0 Å². The van der Waals surface area contributed by atoms with Crippen molar-refractivity contribution < 1.29 is 0 Å². The number of unbranched alkanes of at least 4 members (excludes halogenated alkanes) is 1. The zero-order chi connectivity index (χ0) is 9.68. The fourth-order valence-corrected chi connectivity index (χ4v) is 1.42. The molecule has 0 amide bonds. The van der Waals surface area contributed by atoms with Gasteiger partial charge in [-0.2, -0.15) is 0 Å². The minimum absolute atomic E-state index is 0.886. The third-order valence-corrected chi connectivity index (χ3v) is 2.21. The smallest absolute Gasteiger partial charge is 0.125 e. The van der Waals surface area contributed by atoms with E-state index in [1.165, 1.54) is 24.1 Å². The van der Waals surface area contributed by atoms with E-state index in [1.807, 2.05) is 13.1 Å². The maximum absolute atomic E-state index is 4.43. The molecule has 0 atom stereocenters. The highest BCUT2D eigenvalue weighted by Crippen LogP contribution is 2.09. The summed E-state index contributed by atoms with van der Waals surface area (Å²) in [7, 11) is 0. The number of aryl methyl sites for hydroxylation is 3. The Kier molecular flexibility index (Phi) is 3.87. The number of hydrogen-bond donors (Lipinski definition) is 0. The van der Waals surface area contributed by atoms with E-state index in [2.05, 4.69) is 23.8 Å².